The van der Waals surface area contributed by atoms with Gasteiger partial charge in [-0.05, 0) is 36.7 Å². The summed E-state index contributed by atoms with van der Waals surface area (Å²) < 4.78 is 8.41. The SMILES string of the molecule is Cc1nn(C)c(CC(N)COC(C)C)c1Br. The monoisotopic (exact) mass is 289 g/mol. The molecule has 0 aliphatic heterocycles. The fraction of sp³-hybridized carbons (Fsp3) is 0.727. The summed E-state index contributed by atoms with van der Waals surface area (Å²) in [5, 5.41) is 4.33. The van der Waals surface area contributed by atoms with Gasteiger partial charge in [-0.15, -0.1) is 0 Å². The van der Waals surface area contributed by atoms with Crippen molar-refractivity contribution in [2.45, 2.75) is 39.3 Å². The minimum absolute atomic E-state index is 0.00787. The molecule has 5 heteroatoms. The second-order valence-corrected chi connectivity index (χ2v) is 5.11. The van der Waals surface area contributed by atoms with E-state index in [9.17, 15) is 0 Å². The van der Waals surface area contributed by atoms with E-state index in [2.05, 4.69) is 21.0 Å². The van der Waals surface area contributed by atoms with Gasteiger partial charge in [0.1, 0.15) is 0 Å². The lowest BCUT2D eigenvalue weighted by molar-refractivity contribution is 0.0681. The first-order chi connectivity index (χ1) is 7.41. The lowest BCUT2D eigenvalue weighted by atomic mass is 10.1. The molecule has 2 N–H and O–H groups in total. The number of aryl methyl sites for hydroxylation is 2. The van der Waals surface area contributed by atoms with E-state index in [0.29, 0.717) is 6.61 Å². The van der Waals surface area contributed by atoms with Gasteiger partial charge in [-0.1, -0.05) is 0 Å². The molecule has 1 unspecified atom stereocenters. The number of aromatic nitrogens is 2. The quantitative estimate of drug-likeness (QED) is 0.899. The molecule has 0 aliphatic carbocycles. The van der Waals surface area contributed by atoms with Gasteiger partial charge in [-0.3, -0.25) is 4.68 Å². The second-order valence-electron chi connectivity index (χ2n) is 4.32. The third-order valence-electron chi connectivity index (χ3n) is 2.36. The van der Waals surface area contributed by atoms with Crippen LogP contribution in [0, 0.1) is 6.92 Å². The first-order valence-electron chi connectivity index (χ1n) is 5.47. The number of nitrogens with zero attached hydrogens (tertiary/aromatic N) is 2. The first-order valence-corrected chi connectivity index (χ1v) is 6.26. The van der Waals surface area contributed by atoms with Crippen LogP contribution in [0.4, 0.5) is 0 Å². The molecule has 4 nitrogen and oxygen atoms in total. The standard InChI is InChI=1S/C11H20BrN3O/c1-7(2)16-6-9(13)5-10-11(12)8(3)14-15(10)4/h7,9H,5-6,13H2,1-4H3. The molecular weight excluding hydrogens is 270 g/mol. The molecule has 1 heterocycles. The summed E-state index contributed by atoms with van der Waals surface area (Å²) in [5.41, 5.74) is 8.13. The summed E-state index contributed by atoms with van der Waals surface area (Å²) in [4.78, 5) is 0. The summed E-state index contributed by atoms with van der Waals surface area (Å²) in [7, 11) is 1.93. The van der Waals surface area contributed by atoms with Crippen molar-refractivity contribution < 1.29 is 4.74 Å². The molecule has 1 rings (SSSR count). The number of ether oxygens (including phenoxy) is 1. The Morgan fingerprint density at radius 1 is 1.50 bits per heavy atom. The minimum atomic E-state index is 0.00787. The van der Waals surface area contributed by atoms with E-state index in [1.807, 2.05) is 32.5 Å². The molecule has 0 bridgehead atoms. The van der Waals surface area contributed by atoms with E-state index in [1.54, 1.807) is 0 Å². The molecule has 1 atom stereocenters. The number of halogens is 1. The lowest BCUT2D eigenvalue weighted by Gasteiger charge is -2.14. The highest BCUT2D eigenvalue weighted by Gasteiger charge is 2.14. The molecule has 0 aliphatic rings. The zero-order chi connectivity index (χ0) is 12.3. The summed E-state index contributed by atoms with van der Waals surface area (Å²) in [6, 6.07) is 0.00787. The molecule has 0 fully saturated rings. The van der Waals surface area contributed by atoms with Gasteiger partial charge in [-0.2, -0.15) is 5.10 Å². The van der Waals surface area contributed by atoms with Crippen molar-refractivity contribution in [2.24, 2.45) is 12.8 Å². The van der Waals surface area contributed by atoms with Gasteiger partial charge in [0.15, 0.2) is 0 Å². The van der Waals surface area contributed by atoms with Crippen molar-refractivity contribution in [1.82, 2.24) is 9.78 Å². The van der Waals surface area contributed by atoms with Crippen molar-refractivity contribution >= 4 is 15.9 Å². The summed E-state index contributed by atoms with van der Waals surface area (Å²) >= 11 is 3.53. The highest BCUT2D eigenvalue weighted by Crippen LogP contribution is 2.21. The van der Waals surface area contributed by atoms with Crippen LogP contribution in [0.15, 0.2) is 4.47 Å². The topological polar surface area (TPSA) is 53.1 Å². The third-order valence-corrected chi connectivity index (χ3v) is 3.39. The van der Waals surface area contributed by atoms with Crippen molar-refractivity contribution in [3.05, 3.63) is 15.9 Å². The molecule has 16 heavy (non-hydrogen) atoms. The fourth-order valence-corrected chi connectivity index (χ4v) is 2.02. The van der Waals surface area contributed by atoms with Crippen LogP contribution in [0.3, 0.4) is 0 Å². The summed E-state index contributed by atoms with van der Waals surface area (Å²) in [6.07, 6.45) is 0.993. The van der Waals surface area contributed by atoms with Gasteiger partial charge in [0, 0.05) is 19.5 Å². The Bertz CT molecular complexity index is 349. The van der Waals surface area contributed by atoms with Crippen LogP contribution in [0.25, 0.3) is 0 Å². The van der Waals surface area contributed by atoms with Crippen LogP contribution in [0.2, 0.25) is 0 Å². The Labute approximate surface area is 105 Å². The Kier molecular flexibility index (Phi) is 4.95. The molecule has 0 saturated carbocycles. The number of rotatable bonds is 5. The minimum Gasteiger partial charge on any atom is -0.377 e. The van der Waals surface area contributed by atoms with Gasteiger partial charge in [-0.25, -0.2) is 0 Å². The zero-order valence-corrected chi connectivity index (χ0v) is 11.9. The van der Waals surface area contributed by atoms with Crippen molar-refractivity contribution in [3.63, 3.8) is 0 Å². The Balaban J connectivity index is 2.59. The maximum atomic E-state index is 6.01. The van der Waals surface area contributed by atoms with Gasteiger partial charge in [0.25, 0.3) is 0 Å². The largest absolute Gasteiger partial charge is 0.377 e. The highest BCUT2D eigenvalue weighted by molar-refractivity contribution is 9.10. The summed E-state index contributed by atoms with van der Waals surface area (Å²) in [5.74, 6) is 0. The molecule has 1 aromatic heterocycles. The molecule has 1 aromatic rings. The maximum absolute atomic E-state index is 6.01. The maximum Gasteiger partial charge on any atom is 0.0738 e. The average molecular weight is 290 g/mol. The van der Waals surface area contributed by atoms with E-state index in [0.717, 1.165) is 22.3 Å². The molecule has 0 amide bonds. The molecule has 0 aromatic carbocycles. The van der Waals surface area contributed by atoms with Crippen molar-refractivity contribution in [3.8, 4) is 0 Å². The van der Waals surface area contributed by atoms with E-state index < -0.39 is 0 Å². The van der Waals surface area contributed by atoms with Crippen LogP contribution in [0.1, 0.15) is 25.2 Å². The predicted octanol–water partition coefficient (Wildman–Crippen LogP) is 1.79. The second kappa shape index (κ2) is 5.80. The lowest BCUT2D eigenvalue weighted by Crippen LogP contribution is -2.30. The average Bonchev–Trinajstić information content (AvgIpc) is 2.42. The van der Waals surface area contributed by atoms with Crippen LogP contribution >= 0.6 is 15.9 Å². The Morgan fingerprint density at radius 3 is 2.56 bits per heavy atom. The molecule has 0 radical (unpaired) electrons. The predicted molar refractivity (Wildman–Crippen MR) is 68.4 cm³/mol. The highest BCUT2D eigenvalue weighted by atomic mass is 79.9. The van der Waals surface area contributed by atoms with Gasteiger partial charge >= 0.3 is 0 Å². The number of hydrogen-bond acceptors (Lipinski definition) is 3. The fourth-order valence-electron chi connectivity index (χ4n) is 1.53. The van der Waals surface area contributed by atoms with E-state index in [4.69, 9.17) is 10.5 Å². The summed E-state index contributed by atoms with van der Waals surface area (Å²) in [6.45, 7) is 6.58. The normalized spacial score (nSPS) is 13.4. The number of nitrogens with two attached hydrogens (primary N) is 1. The van der Waals surface area contributed by atoms with Crippen LogP contribution < -0.4 is 5.73 Å². The van der Waals surface area contributed by atoms with E-state index >= 15 is 0 Å². The molecule has 0 spiro atoms. The molecule has 0 saturated heterocycles. The van der Waals surface area contributed by atoms with Gasteiger partial charge in [0.05, 0.1) is 28.6 Å². The van der Waals surface area contributed by atoms with Crippen LogP contribution in [-0.4, -0.2) is 28.5 Å². The Hall–Kier alpha value is -0.390. The van der Waals surface area contributed by atoms with Gasteiger partial charge < -0.3 is 10.5 Å². The molecule has 92 valence electrons. The van der Waals surface area contributed by atoms with Crippen molar-refractivity contribution in [1.29, 1.82) is 0 Å². The molecular formula is C11H20BrN3O. The third kappa shape index (κ3) is 3.57. The van der Waals surface area contributed by atoms with Crippen LogP contribution in [0.5, 0.6) is 0 Å². The van der Waals surface area contributed by atoms with Gasteiger partial charge in [0.2, 0.25) is 0 Å². The Morgan fingerprint density at radius 2 is 2.12 bits per heavy atom. The van der Waals surface area contributed by atoms with Crippen molar-refractivity contribution in [2.75, 3.05) is 6.61 Å². The van der Waals surface area contributed by atoms with E-state index in [-0.39, 0.29) is 12.1 Å². The smallest absolute Gasteiger partial charge is 0.0738 e. The van der Waals surface area contributed by atoms with E-state index in [1.165, 1.54) is 0 Å². The first kappa shape index (κ1) is 13.7. The zero-order valence-electron chi connectivity index (χ0n) is 10.3. The number of hydrogen-bond donors (Lipinski definition) is 1. The van der Waals surface area contributed by atoms with Crippen LogP contribution in [-0.2, 0) is 18.2 Å².